The Morgan fingerprint density at radius 1 is 1.15 bits per heavy atom. The Balaban J connectivity index is 1.89. The number of nitrogens with zero attached hydrogens (tertiary/aromatic N) is 2. The first-order valence-corrected chi connectivity index (χ1v) is 7.78. The van der Waals surface area contributed by atoms with Gasteiger partial charge in [0.15, 0.2) is 5.78 Å². The van der Waals surface area contributed by atoms with Gasteiger partial charge >= 0.3 is 0 Å². The molecule has 0 aromatic heterocycles. The number of hydrogen-bond donors (Lipinski definition) is 0. The van der Waals surface area contributed by atoms with Crippen LogP contribution in [0.3, 0.4) is 0 Å². The largest absolute Gasteiger partial charge is 0.301 e. The minimum Gasteiger partial charge on any atom is -0.301 e. The predicted octanol–water partition coefficient (Wildman–Crippen LogP) is 3.20. The number of Topliss-reactive ketones (excluding diaryl/α,β-unsaturated/α-hetero) is 1. The highest BCUT2D eigenvalue weighted by atomic mass is 35.5. The van der Waals surface area contributed by atoms with Gasteiger partial charge in [0.25, 0.3) is 0 Å². The van der Waals surface area contributed by atoms with Gasteiger partial charge in [-0.1, -0.05) is 30.1 Å². The molecule has 1 saturated heterocycles. The molecule has 0 amide bonds. The van der Waals surface area contributed by atoms with Crippen molar-refractivity contribution in [2.45, 2.75) is 13.3 Å². The van der Waals surface area contributed by atoms with Crippen LogP contribution in [0.15, 0.2) is 18.2 Å². The highest BCUT2D eigenvalue weighted by molar-refractivity contribution is 6.36. The molecule has 0 aliphatic carbocycles. The van der Waals surface area contributed by atoms with Crippen LogP contribution >= 0.6 is 23.2 Å². The van der Waals surface area contributed by atoms with E-state index in [2.05, 4.69) is 16.7 Å². The SMILES string of the molecule is CCCN1CCN(CC(=O)c2ccc(Cl)cc2Cl)CC1. The van der Waals surface area contributed by atoms with Gasteiger partial charge in [0, 0.05) is 36.8 Å². The normalized spacial score (nSPS) is 17.4. The molecule has 1 heterocycles. The topological polar surface area (TPSA) is 23.6 Å². The number of hydrogen-bond acceptors (Lipinski definition) is 3. The van der Waals surface area contributed by atoms with E-state index >= 15 is 0 Å². The van der Waals surface area contributed by atoms with Crippen LogP contribution in [0, 0.1) is 0 Å². The standard InChI is InChI=1S/C15H20Cl2N2O/c1-2-5-18-6-8-19(9-7-18)11-15(20)13-4-3-12(16)10-14(13)17/h3-4,10H,2,5-9,11H2,1H3. The number of rotatable bonds is 5. The first kappa shape index (κ1) is 15.8. The van der Waals surface area contributed by atoms with Gasteiger partial charge in [-0.2, -0.15) is 0 Å². The molecule has 0 radical (unpaired) electrons. The summed E-state index contributed by atoms with van der Waals surface area (Å²) in [5.74, 6) is 0.0654. The Bertz CT molecular complexity index is 471. The summed E-state index contributed by atoms with van der Waals surface area (Å²) < 4.78 is 0. The maximum atomic E-state index is 12.3. The molecule has 1 aromatic carbocycles. The highest BCUT2D eigenvalue weighted by Gasteiger charge is 2.20. The van der Waals surface area contributed by atoms with Crippen molar-refractivity contribution in [2.24, 2.45) is 0 Å². The molecule has 0 atom stereocenters. The summed E-state index contributed by atoms with van der Waals surface area (Å²) in [7, 11) is 0. The quantitative estimate of drug-likeness (QED) is 0.780. The molecule has 0 spiro atoms. The molecule has 0 unspecified atom stereocenters. The van der Waals surface area contributed by atoms with E-state index < -0.39 is 0 Å². The van der Waals surface area contributed by atoms with Crippen molar-refractivity contribution in [1.29, 1.82) is 0 Å². The summed E-state index contributed by atoms with van der Waals surface area (Å²) >= 11 is 11.9. The molecular weight excluding hydrogens is 295 g/mol. The van der Waals surface area contributed by atoms with Gasteiger partial charge in [-0.05, 0) is 31.2 Å². The van der Waals surface area contributed by atoms with Crippen LogP contribution in [0.2, 0.25) is 10.0 Å². The van der Waals surface area contributed by atoms with Crippen LogP contribution in [-0.4, -0.2) is 54.9 Å². The maximum Gasteiger partial charge on any atom is 0.178 e. The van der Waals surface area contributed by atoms with Gasteiger partial charge in [0.2, 0.25) is 0 Å². The monoisotopic (exact) mass is 314 g/mol. The predicted molar refractivity (Wildman–Crippen MR) is 84.0 cm³/mol. The van der Waals surface area contributed by atoms with Crippen molar-refractivity contribution < 1.29 is 4.79 Å². The van der Waals surface area contributed by atoms with Crippen molar-refractivity contribution >= 4 is 29.0 Å². The maximum absolute atomic E-state index is 12.3. The van der Waals surface area contributed by atoms with Crippen LogP contribution in [-0.2, 0) is 0 Å². The molecule has 0 bridgehead atoms. The second kappa shape index (κ2) is 7.41. The van der Waals surface area contributed by atoms with Crippen molar-refractivity contribution in [1.82, 2.24) is 9.80 Å². The Morgan fingerprint density at radius 2 is 1.80 bits per heavy atom. The van der Waals surface area contributed by atoms with Gasteiger partial charge in [0.1, 0.15) is 0 Å². The lowest BCUT2D eigenvalue weighted by Gasteiger charge is -2.34. The van der Waals surface area contributed by atoms with Crippen molar-refractivity contribution in [3.63, 3.8) is 0 Å². The third kappa shape index (κ3) is 4.19. The fourth-order valence-corrected chi connectivity index (χ4v) is 3.01. The highest BCUT2D eigenvalue weighted by Crippen LogP contribution is 2.21. The minimum atomic E-state index is 0.0654. The number of carbonyl (C=O) groups is 1. The molecule has 0 saturated carbocycles. The molecule has 110 valence electrons. The van der Waals surface area contributed by atoms with Crippen LogP contribution in [0.4, 0.5) is 0 Å². The zero-order valence-electron chi connectivity index (χ0n) is 11.7. The molecule has 1 fully saturated rings. The number of benzene rings is 1. The Labute approximate surface area is 130 Å². The average molecular weight is 315 g/mol. The second-order valence-corrected chi connectivity index (χ2v) is 6.01. The van der Waals surface area contributed by atoms with E-state index in [-0.39, 0.29) is 5.78 Å². The Hall–Kier alpha value is -0.610. The van der Waals surface area contributed by atoms with Crippen LogP contribution in [0.25, 0.3) is 0 Å². The third-order valence-corrected chi connectivity index (χ3v) is 4.15. The number of piperazine rings is 1. The lowest BCUT2D eigenvalue weighted by atomic mass is 10.1. The molecule has 3 nitrogen and oxygen atoms in total. The second-order valence-electron chi connectivity index (χ2n) is 5.17. The van der Waals surface area contributed by atoms with E-state index in [1.165, 1.54) is 6.42 Å². The van der Waals surface area contributed by atoms with Crippen molar-refractivity contribution in [3.8, 4) is 0 Å². The first-order valence-electron chi connectivity index (χ1n) is 7.03. The van der Waals surface area contributed by atoms with E-state index in [9.17, 15) is 4.79 Å². The fraction of sp³-hybridized carbons (Fsp3) is 0.533. The van der Waals surface area contributed by atoms with E-state index in [0.29, 0.717) is 22.2 Å². The smallest absolute Gasteiger partial charge is 0.178 e. The van der Waals surface area contributed by atoms with Gasteiger partial charge in [-0.25, -0.2) is 0 Å². The molecule has 1 aliphatic rings. The Morgan fingerprint density at radius 3 is 2.40 bits per heavy atom. The summed E-state index contributed by atoms with van der Waals surface area (Å²) in [5.41, 5.74) is 0.562. The summed E-state index contributed by atoms with van der Waals surface area (Å²) in [6.07, 6.45) is 1.18. The summed E-state index contributed by atoms with van der Waals surface area (Å²) in [5, 5.41) is 0.992. The lowest BCUT2D eigenvalue weighted by molar-refractivity contribution is 0.0853. The van der Waals surface area contributed by atoms with Gasteiger partial charge in [-0.3, -0.25) is 9.69 Å². The summed E-state index contributed by atoms with van der Waals surface area (Å²) in [4.78, 5) is 16.9. The van der Waals surface area contributed by atoms with Gasteiger partial charge < -0.3 is 4.90 Å². The van der Waals surface area contributed by atoms with Gasteiger partial charge in [0.05, 0.1) is 11.6 Å². The molecule has 5 heteroatoms. The summed E-state index contributed by atoms with van der Waals surface area (Å²) in [6, 6.07) is 5.04. The minimum absolute atomic E-state index is 0.0654. The molecule has 1 aliphatic heterocycles. The molecule has 2 rings (SSSR count). The van der Waals surface area contributed by atoms with E-state index in [1.807, 2.05) is 0 Å². The summed E-state index contributed by atoms with van der Waals surface area (Å²) in [6.45, 7) is 7.73. The zero-order chi connectivity index (χ0) is 14.5. The molecular formula is C15H20Cl2N2O. The van der Waals surface area contributed by atoms with Crippen LogP contribution < -0.4 is 0 Å². The van der Waals surface area contributed by atoms with Crippen LogP contribution in [0.5, 0.6) is 0 Å². The Kier molecular flexibility index (Phi) is 5.85. The van der Waals surface area contributed by atoms with Crippen molar-refractivity contribution in [2.75, 3.05) is 39.3 Å². The van der Waals surface area contributed by atoms with E-state index in [1.54, 1.807) is 18.2 Å². The fourth-order valence-electron chi connectivity index (χ4n) is 2.49. The number of halogens is 2. The number of carbonyl (C=O) groups excluding carboxylic acids is 1. The zero-order valence-corrected chi connectivity index (χ0v) is 13.3. The van der Waals surface area contributed by atoms with Gasteiger partial charge in [-0.15, -0.1) is 0 Å². The lowest BCUT2D eigenvalue weighted by Crippen LogP contribution is -2.47. The van der Waals surface area contributed by atoms with E-state index in [0.717, 1.165) is 32.7 Å². The third-order valence-electron chi connectivity index (χ3n) is 3.60. The van der Waals surface area contributed by atoms with E-state index in [4.69, 9.17) is 23.2 Å². The number of ketones is 1. The van der Waals surface area contributed by atoms with Crippen LogP contribution in [0.1, 0.15) is 23.7 Å². The average Bonchev–Trinajstić information content (AvgIpc) is 2.41. The molecule has 20 heavy (non-hydrogen) atoms. The molecule has 1 aromatic rings. The van der Waals surface area contributed by atoms with Crippen molar-refractivity contribution in [3.05, 3.63) is 33.8 Å². The first-order chi connectivity index (χ1) is 9.60. The molecule has 0 N–H and O–H groups in total.